The van der Waals surface area contributed by atoms with Crippen molar-refractivity contribution in [3.8, 4) is 11.3 Å². The summed E-state index contributed by atoms with van der Waals surface area (Å²) in [6.45, 7) is -0.605. The largest absolute Gasteiger partial charge is 0.453 e. The van der Waals surface area contributed by atoms with Gasteiger partial charge in [-0.2, -0.15) is 0 Å². The lowest BCUT2D eigenvalue weighted by atomic mass is 10.1. The average Bonchev–Trinajstić information content (AvgIpc) is 3.21. The van der Waals surface area contributed by atoms with Crippen LogP contribution in [0.4, 0.5) is 5.69 Å². The Balaban J connectivity index is 1.64. The molecule has 2 aromatic carbocycles. The van der Waals surface area contributed by atoms with E-state index in [1.54, 1.807) is 12.1 Å². The number of rotatable bonds is 7. The van der Waals surface area contributed by atoms with E-state index in [4.69, 9.17) is 25.9 Å². The number of aldehydes is 1. The van der Waals surface area contributed by atoms with Crippen molar-refractivity contribution in [3.63, 3.8) is 0 Å². The first kappa shape index (κ1) is 22.2. The standard InChI is InChI=1S/C20H15ClN2O7S/c21-17-7-1-12(18-8-4-14(10-24)30-18)9-16(17)20(26)29-11-19(25)23-13-2-5-15(6-3-13)31(22,27)28/h1-10H,11H2,(H,23,25)(H2,22,27,28). The molecule has 0 bridgehead atoms. The number of esters is 1. The van der Waals surface area contributed by atoms with E-state index < -0.39 is 28.5 Å². The number of carbonyl (C=O) groups is 3. The van der Waals surface area contributed by atoms with Crippen LogP contribution >= 0.6 is 11.6 Å². The first-order valence-corrected chi connectivity index (χ1v) is 10.5. The average molecular weight is 463 g/mol. The smallest absolute Gasteiger partial charge is 0.340 e. The number of halogens is 1. The number of ether oxygens (including phenoxy) is 1. The molecule has 0 atom stereocenters. The van der Waals surface area contributed by atoms with Gasteiger partial charge >= 0.3 is 5.97 Å². The van der Waals surface area contributed by atoms with E-state index in [2.05, 4.69) is 5.32 Å². The van der Waals surface area contributed by atoms with Crippen molar-refractivity contribution in [2.24, 2.45) is 5.14 Å². The molecule has 0 aliphatic heterocycles. The number of benzene rings is 2. The fourth-order valence-corrected chi connectivity index (χ4v) is 3.25. The Hall–Kier alpha value is -3.47. The van der Waals surface area contributed by atoms with E-state index in [1.807, 2.05) is 0 Å². The molecule has 0 spiro atoms. The van der Waals surface area contributed by atoms with Crippen molar-refractivity contribution in [2.45, 2.75) is 4.90 Å². The number of furan rings is 1. The van der Waals surface area contributed by atoms with Crippen LogP contribution in [-0.4, -0.2) is 33.2 Å². The monoisotopic (exact) mass is 462 g/mol. The van der Waals surface area contributed by atoms with Crippen molar-refractivity contribution in [1.29, 1.82) is 0 Å². The van der Waals surface area contributed by atoms with E-state index in [0.29, 0.717) is 17.6 Å². The molecule has 31 heavy (non-hydrogen) atoms. The molecule has 1 amide bonds. The molecule has 0 aliphatic carbocycles. The van der Waals surface area contributed by atoms with Crippen LogP contribution in [0, 0.1) is 0 Å². The maximum absolute atomic E-state index is 12.4. The van der Waals surface area contributed by atoms with Crippen LogP contribution in [0.3, 0.4) is 0 Å². The molecule has 3 aromatic rings. The summed E-state index contributed by atoms with van der Waals surface area (Å²) in [4.78, 5) is 35.0. The molecule has 0 radical (unpaired) electrons. The quantitative estimate of drug-likeness (QED) is 0.405. The number of nitrogens with two attached hydrogens (primary N) is 1. The van der Waals surface area contributed by atoms with Crippen LogP contribution in [-0.2, 0) is 19.6 Å². The van der Waals surface area contributed by atoms with Gasteiger partial charge in [-0.25, -0.2) is 18.4 Å². The third-order valence-corrected chi connectivity index (χ3v) is 5.27. The van der Waals surface area contributed by atoms with Gasteiger partial charge in [-0.15, -0.1) is 0 Å². The molecule has 0 fully saturated rings. The molecular weight excluding hydrogens is 448 g/mol. The van der Waals surface area contributed by atoms with Crippen molar-refractivity contribution in [3.05, 3.63) is 70.9 Å². The zero-order valence-corrected chi connectivity index (χ0v) is 17.3. The SMILES string of the molecule is NS(=O)(=O)c1ccc(NC(=O)COC(=O)c2cc(-c3ccc(C=O)o3)ccc2Cl)cc1. The van der Waals surface area contributed by atoms with E-state index in [9.17, 15) is 22.8 Å². The van der Waals surface area contributed by atoms with Crippen LogP contribution in [0.15, 0.2) is 63.9 Å². The van der Waals surface area contributed by atoms with E-state index in [0.717, 1.165) is 0 Å². The molecule has 9 nitrogen and oxygen atoms in total. The Kier molecular flexibility index (Phi) is 6.54. The Labute approximate surface area is 181 Å². The lowest BCUT2D eigenvalue weighted by molar-refractivity contribution is -0.119. The van der Waals surface area contributed by atoms with Gasteiger partial charge in [0.1, 0.15) is 5.76 Å². The molecule has 0 aliphatic rings. The van der Waals surface area contributed by atoms with Gasteiger partial charge in [0.15, 0.2) is 18.7 Å². The molecule has 160 valence electrons. The molecule has 0 saturated carbocycles. The van der Waals surface area contributed by atoms with E-state index in [1.165, 1.54) is 42.5 Å². The molecule has 1 heterocycles. The molecular formula is C20H15ClN2O7S. The van der Waals surface area contributed by atoms with Crippen molar-refractivity contribution in [2.75, 3.05) is 11.9 Å². The summed E-state index contributed by atoms with van der Waals surface area (Å²) in [6, 6.07) is 12.7. The number of carbonyl (C=O) groups excluding carboxylic acids is 3. The van der Waals surface area contributed by atoms with Gasteiger partial charge in [0, 0.05) is 11.3 Å². The van der Waals surface area contributed by atoms with Crippen LogP contribution in [0.5, 0.6) is 0 Å². The number of primary sulfonamides is 1. The highest BCUT2D eigenvalue weighted by molar-refractivity contribution is 7.89. The summed E-state index contributed by atoms with van der Waals surface area (Å²) >= 11 is 6.06. The van der Waals surface area contributed by atoms with Gasteiger partial charge in [-0.05, 0) is 54.6 Å². The fraction of sp³-hybridized carbons (Fsp3) is 0.0500. The highest BCUT2D eigenvalue weighted by atomic mass is 35.5. The Bertz CT molecular complexity index is 1250. The minimum atomic E-state index is -3.85. The Morgan fingerprint density at radius 1 is 1.10 bits per heavy atom. The van der Waals surface area contributed by atoms with Gasteiger partial charge < -0.3 is 14.5 Å². The summed E-state index contributed by atoms with van der Waals surface area (Å²) in [6.07, 6.45) is 0.551. The van der Waals surface area contributed by atoms with Crippen LogP contribution in [0.2, 0.25) is 5.02 Å². The third kappa shape index (κ3) is 5.57. The highest BCUT2D eigenvalue weighted by Gasteiger charge is 2.17. The number of nitrogens with one attached hydrogen (secondary N) is 1. The first-order chi connectivity index (χ1) is 14.7. The van der Waals surface area contributed by atoms with Crippen LogP contribution in [0.25, 0.3) is 11.3 Å². The van der Waals surface area contributed by atoms with E-state index in [-0.39, 0.29) is 26.9 Å². The zero-order valence-electron chi connectivity index (χ0n) is 15.7. The molecule has 0 saturated heterocycles. The van der Waals surface area contributed by atoms with Gasteiger partial charge in [-0.3, -0.25) is 9.59 Å². The van der Waals surface area contributed by atoms with Gasteiger partial charge in [0.2, 0.25) is 10.0 Å². The highest BCUT2D eigenvalue weighted by Crippen LogP contribution is 2.27. The molecule has 11 heteroatoms. The van der Waals surface area contributed by atoms with Gasteiger partial charge in [0.05, 0.1) is 15.5 Å². The predicted molar refractivity (Wildman–Crippen MR) is 111 cm³/mol. The fourth-order valence-electron chi connectivity index (χ4n) is 2.54. The minimum absolute atomic E-state index is 0.00789. The predicted octanol–water partition coefficient (Wildman–Crippen LogP) is 2.86. The normalized spacial score (nSPS) is 11.0. The van der Waals surface area contributed by atoms with Gasteiger partial charge in [-0.1, -0.05) is 11.6 Å². The maximum atomic E-state index is 12.4. The molecule has 3 N–H and O–H groups in total. The van der Waals surface area contributed by atoms with Crippen molar-refractivity contribution in [1.82, 2.24) is 0 Å². The summed E-state index contributed by atoms with van der Waals surface area (Å²) in [5, 5.41) is 7.57. The molecule has 0 unspecified atom stereocenters. The van der Waals surface area contributed by atoms with Crippen LogP contribution < -0.4 is 10.5 Å². The Morgan fingerprint density at radius 3 is 2.42 bits per heavy atom. The molecule has 3 rings (SSSR count). The number of sulfonamides is 1. The second-order valence-corrected chi connectivity index (χ2v) is 8.18. The zero-order chi connectivity index (χ0) is 22.6. The number of hydrogen-bond acceptors (Lipinski definition) is 7. The summed E-state index contributed by atoms with van der Waals surface area (Å²) < 4.78 is 32.8. The third-order valence-electron chi connectivity index (χ3n) is 4.01. The Morgan fingerprint density at radius 2 is 1.81 bits per heavy atom. The maximum Gasteiger partial charge on any atom is 0.340 e. The van der Waals surface area contributed by atoms with Crippen molar-refractivity contribution >= 4 is 45.5 Å². The number of amides is 1. The van der Waals surface area contributed by atoms with Crippen molar-refractivity contribution < 1.29 is 32.0 Å². The molecule has 1 aromatic heterocycles. The summed E-state index contributed by atoms with van der Waals surface area (Å²) in [7, 11) is -3.85. The number of anilines is 1. The number of hydrogen-bond donors (Lipinski definition) is 2. The lowest BCUT2D eigenvalue weighted by Gasteiger charge is -2.09. The van der Waals surface area contributed by atoms with Gasteiger partial charge in [0.25, 0.3) is 5.91 Å². The van der Waals surface area contributed by atoms with Crippen LogP contribution in [0.1, 0.15) is 20.9 Å². The van der Waals surface area contributed by atoms with E-state index >= 15 is 0 Å². The summed E-state index contributed by atoms with van der Waals surface area (Å²) in [5.74, 6) is -1.00. The second-order valence-electron chi connectivity index (χ2n) is 6.21. The first-order valence-electron chi connectivity index (χ1n) is 8.62. The minimum Gasteiger partial charge on any atom is -0.453 e. The summed E-state index contributed by atoms with van der Waals surface area (Å²) in [5.41, 5.74) is 0.787. The second kappa shape index (κ2) is 9.13. The lowest BCUT2D eigenvalue weighted by Crippen LogP contribution is -2.21. The topological polar surface area (TPSA) is 146 Å².